The minimum absolute atomic E-state index is 0.0810. The van der Waals surface area contributed by atoms with Crippen molar-refractivity contribution >= 4 is 11.6 Å². The average Bonchev–Trinajstić information content (AvgIpc) is 2.70. The molecule has 1 aliphatic rings. The molecule has 0 fully saturated rings. The van der Waals surface area contributed by atoms with Gasteiger partial charge in [0.05, 0.1) is 11.1 Å². The monoisotopic (exact) mass is 288 g/mol. The molecule has 0 spiro atoms. The van der Waals surface area contributed by atoms with Gasteiger partial charge in [-0.2, -0.15) is 5.10 Å². The third-order valence-electron chi connectivity index (χ3n) is 4.46. The van der Waals surface area contributed by atoms with E-state index in [1.165, 1.54) is 28.8 Å². The van der Waals surface area contributed by atoms with E-state index >= 15 is 0 Å². The van der Waals surface area contributed by atoms with Crippen molar-refractivity contribution in [2.24, 2.45) is 0 Å². The Kier molecular flexibility index (Phi) is 3.59. The highest BCUT2D eigenvalue weighted by molar-refractivity contribution is 6.20. The van der Waals surface area contributed by atoms with Gasteiger partial charge < -0.3 is 0 Å². The molecule has 1 heterocycles. The number of nitrogens with zero attached hydrogens (tertiary/aromatic N) is 2. The zero-order valence-electron chi connectivity index (χ0n) is 12.4. The number of rotatable bonds is 4. The van der Waals surface area contributed by atoms with Crippen molar-refractivity contribution < 1.29 is 0 Å². The van der Waals surface area contributed by atoms with Crippen molar-refractivity contribution in [3.8, 4) is 0 Å². The fourth-order valence-electron chi connectivity index (χ4n) is 3.28. The molecule has 2 nitrogen and oxygen atoms in total. The van der Waals surface area contributed by atoms with Gasteiger partial charge in [0.25, 0.3) is 0 Å². The van der Waals surface area contributed by atoms with E-state index < -0.39 is 0 Å². The van der Waals surface area contributed by atoms with Crippen LogP contribution in [-0.4, -0.2) is 9.78 Å². The molecule has 3 rings (SSSR count). The Morgan fingerprint density at radius 3 is 2.80 bits per heavy atom. The van der Waals surface area contributed by atoms with Gasteiger partial charge in [0.1, 0.15) is 0 Å². The van der Waals surface area contributed by atoms with E-state index in [0.29, 0.717) is 5.92 Å². The Morgan fingerprint density at radius 2 is 2.10 bits per heavy atom. The number of benzene rings is 1. The number of hydrogen-bond donors (Lipinski definition) is 0. The van der Waals surface area contributed by atoms with Crippen molar-refractivity contribution in [3.05, 3.63) is 52.3 Å². The summed E-state index contributed by atoms with van der Waals surface area (Å²) >= 11 is 6.43. The molecule has 0 radical (unpaired) electrons. The van der Waals surface area contributed by atoms with Crippen LogP contribution >= 0.6 is 11.6 Å². The lowest BCUT2D eigenvalue weighted by Crippen LogP contribution is -2.23. The molecule has 2 atom stereocenters. The molecule has 1 aromatic carbocycles. The molecular weight excluding hydrogens is 268 g/mol. The first-order chi connectivity index (χ1) is 9.61. The van der Waals surface area contributed by atoms with Crippen molar-refractivity contribution in [1.82, 2.24) is 9.78 Å². The second-order valence-corrected chi connectivity index (χ2v) is 6.27. The Balaban J connectivity index is 1.83. The maximum atomic E-state index is 6.43. The lowest BCUT2D eigenvalue weighted by atomic mass is 9.77. The fourth-order valence-corrected chi connectivity index (χ4v) is 3.60. The minimum atomic E-state index is 0.0810. The smallest absolute Gasteiger partial charge is 0.0643 e. The minimum Gasteiger partial charge on any atom is -0.269 e. The fraction of sp³-hybridized carbons (Fsp3) is 0.471. The summed E-state index contributed by atoms with van der Waals surface area (Å²) in [5, 5.41) is 4.79. The number of aryl methyl sites for hydroxylation is 1. The van der Waals surface area contributed by atoms with Crippen LogP contribution in [0.15, 0.2) is 24.3 Å². The maximum absolute atomic E-state index is 6.43. The molecule has 20 heavy (non-hydrogen) atoms. The summed E-state index contributed by atoms with van der Waals surface area (Å²) in [6.45, 7) is 7.30. The van der Waals surface area contributed by atoms with E-state index in [1.54, 1.807) is 0 Å². The summed E-state index contributed by atoms with van der Waals surface area (Å²) in [5.74, 6) is 0.604. The van der Waals surface area contributed by atoms with E-state index in [0.717, 1.165) is 18.7 Å². The van der Waals surface area contributed by atoms with Gasteiger partial charge in [0.2, 0.25) is 0 Å². The van der Waals surface area contributed by atoms with Gasteiger partial charge in [0, 0.05) is 23.7 Å². The number of aromatic nitrogens is 2. The third kappa shape index (κ3) is 2.16. The van der Waals surface area contributed by atoms with Crippen molar-refractivity contribution in [2.45, 2.75) is 51.5 Å². The number of hydrogen-bond acceptors (Lipinski definition) is 1. The average molecular weight is 289 g/mol. The summed E-state index contributed by atoms with van der Waals surface area (Å²) in [7, 11) is 0. The van der Waals surface area contributed by atoms with Gasteiger partial charge in [-0.1, -0.05) is 31.2 Å². The van der Waals surface area contributed by atoms with E-state index in [1.807, 2.05) is 0 Å². The van der Waals surface area contributed by atoms with E-state index in [-0.39, 0.29) is 5.38 Å². The Morgan fingerprint density at radius 1 is 1.35 bits per heavy atom. The SMILES string of the molecule is CCC(Cl)c1c(C)nn(CC2Cc3ccccc32)c1C. The highest BCUT2D eigenvalue weighted by atomic mass is 35.5. The maximum Gasteiger partial charge on any atom is 0.0643 e. The molecule has 3 heteroatoms. The van der Waals surface area contributed by atoms with Gasteiger partial charge in [-0.05, 0) is 37.8 Å². The second-order valence-electron chi connectivity index (χ2n) is 5.74. The molecule has 0 saturated carbocycles. The van der Waals surface area contributed by atoms with Crippen LogP contribution in [0.1, 0.15) is 52.7 Å². The van der Waals surface area contributed by atoms with E-state index in [9.17, 15) is 0 Å². The molecule has 1 aliphatic carbocycles. The summed E-state index contributed by atoms with van der Waals surface area (Å²) < 4.78 is 2.15. The summed E-state index contributed by atoms with van der Waals surface area (Å²) in [6.07, 6.45) is 2.11. The predicted octanol–water partition coefficient (Wildman–Crippen LogP) is 4.53. The number of alkyl halides is 1. The molecule has 106 valence electrons. The summed E-state index contributed by atoms with van der Waals surface area (Å²) in [5.41, 5.74) is 6.51. The molecule has 0 N–H and O–H groups in total. The number of halogens is 1. The first kappa shape index (κ1) is 13.7. The van der Waals surface area contributed by atoms with Crippen LogP contribution in [0.2, 0.25) is 0 Å². The Hall–Kier alpha value is -1.28. The van der Waals surface area contributed by atoms with Crippen molar-refractivity contribution in [2.75, 3.05) is 0 Å². The van der Waals surface area contributed by atoms with Crippen molar-refractivity contribution in [1.29, 1.82) is 0 Å². The zero-order chi connectivity index (χ0) is 14.3. The molecular formula is C17H21ClN2. The Labute approximate surface area is 125 Å². The predicted molar refractivity (Wildman–Crippen MR) is 83.5 cm³/mol. The van der Waals surface area contributed by atoms with Crippen LogP contribution in [-0.2, 0) is 13.0 Å². The highest BCUT2D eigenvalue weighted by Gasteiger charge is 2.27. The van der Waals surface area contributed by atoms with Crippen LogP contribution < -0.4 is 0 Å². The molecule has 0 saturated heterocycles. The molecule has 0 aliphatic heterocycles. The first-order valence-electron chi connectivity index (χ1n) is 7.37. The molecule has 2 unspecified atom stereocenters. The summed E-state index contributed by atoms with van der Waals surface area (Å²) in [6, 6.07) is 8.72. The van der Waals surface area contributed by atoms with Gasteiger partial charge in [0.15, 0.2) is 0 Å². The lowest BCUT2D eigenvalue weighted by molar-refractivity contribution is 0.466. The van der Waals surface area contributed by atoms with Crippen molar-refractivity contribution in [3.63, 3.8) is 0 Å². The molecule has 2 aromatic rings. The highest BCUT2D eigenvalue weighted by Crippen LogP contribution is 2.37. The van der Waals surface area contributed by atoms with Gasteiger partial charge in [-0.25, -0.2) is 0 Å². The quantitative estimate of drug-likeness (QED) is 0.756. The molecule has 0 bridgehead atoms. The summed E-state index contributed by atoms with van der Waals surface area (Å²) in [4.78, 5) is 0. The van der Waals surface area contributed by atoms with Crippen LogP contribution in [0.5, 0.6) is 0 Å². The molecule has 1 aromatic heterocycles. The van der Waals surface area contributed by atoms with Gasteiger partial charge >= 0.3 is 0 Å². The van der Waals surface area contributed by atoms with Crippen LogP contribution in [0, 0.1) is 13.8 Å². The van der Waals surface area contributed by atoms with E-state index in [2.05, 4.69) is 49.7 Å². The third-order valence-corrected chi connectivity index (χ3v) is 4.99. The van der Waals surface area contributed by atoms with E-state index in [4.69, 9.17) is 16.7 Å². The van der Waals surface area contributed by atoms with Crippen LogP contribution in [0.3, 0.4) is 0 Å². The normalized spacial score (nSPS) is 18.5. The second kappa shape index (κ2) is 5.25. The Bertz CT molecular complexity index is 630. The number of fused-ring (bicyclic) bond motifs is 1. The van der Waals surface area contributed by atoms with Gasteiger partial charge in [-0.3, -0.25) is 4.68 Å². The van der Waals surface area contributed by atoms with Crippen LogP contribution in [0.25, 0.3) is 0 Å². The molecule has 0 amide bonds. The topological polar surface area (TPSA) is 17.8 Å². The largest absolute Gasteiger partial charge is 0.269 e. The zero-order valence-corrected chi connectivity index (χ0v) is 13.1. The van der Waals surface area contributed by atoms with Gasteiger partial charge in [-0.15, -0.1) is 11.6 Å². The lowest BCUT2D eigenvalue weighted by Gasteiger charge is -2.30. The standard InChI is InChI=1S/C17H21ClN2/c1-4-16(18)17-11(2)19-20(12(17)3)10-14-9-13-7-5-6-8-15(13)14/h5-8,14,16H,4,9-10H2,1-3H3. The van der Waals surface area contributed by atoms with Crippen LogP contribution in [0.4, 0.5) is 0 Å². The first-order valence-corrected chi connectivity index (χ1v) is 7.81.